The zero-order valence-corrected chi connectivity index (χ0v) is 13.8. The number of hydrogen-bond donors (Lipinski definition) is 0. The average Bonchev–Trinajstić information content (AvgIpc) is 2.41. The van der Waals surface area contributed by atoms with Gasteiger partial charge >= 0.3 is 17.9 Å². The SMILES string of the molecule is CC.CC(=O)OCC(COC(=O)CCN(C)C)OC(C)=O. The van der Waals surface area contributed by atoms with Crippen molar-refractivity contribution in [2.24, 2.45) is 0 Å². The van der Waals surface area contributed by atoms with Gasteiger partial charge < -0.3 is 19.1 Å². The van der Waals surface area contributed by atoms with Crippen LogP contribution in [0.2, 0.25) is 0 Å². The summed E-state index contributed by atoms with van der Waals surface area (Å²) in [4.78, 5) is 34.8. The van der Waals surface area contributed by atoms with E-state index < -0.39 is 24.0 Å². The number of esters is 3. The van der Waals surface area contributed by atoms with E-state index in [1.54, 1.807) is 0 Å². The molecule has 0 fully saturated rings. The third-order valence-corrected chi connectivity index (χ3v) is 2.00. The maximum atomic E-state index is 11.4. The molecule has 0 aliphatic rings. The van der Waals surface area contributed by atoms with Crippen LogP contribution in [0.25, 0.3) is 0 Å². The molecule has 0 aromatic carbocycles. The molecule has 0 aromatic rings. The molecule has 0 rings (SSSR count). The summed E-state index contributed by atoms with van der Waals surface area (Å²) in [7, 11) is 3.69. The number of hydrogen-bond acceptors (Lipinski definition) is 7. The van der Waals surface area contributed by atoms with Crippen LogP contribution >= 0.6 is 0 Å². The summed E-state index contributed by atoms with van der Waals surface area (Å²) in [6.45, 7) is 6.79. The number of carbonyl (C=O) groups is 3. The molecular weight excluding hydrogens is 278 g/mol. The molecule has 1 unspecified atom stereocenters. The standard InChI is InChI=1S/C12H21NO6.C2H6/c1-9(14)17-7-11(19-10(2)15)8-18-12(16)5-6-13(3)4;1-2/h11H,5-8H2,1-4H3;1-2H3. The monoisotopic (exact) mass is 305 g/mol. The van der Waals surface area contributed by atoms with Crippen LogP contribution in [-0.4, -0.2) is 62.8 Å². The van der Waals surface area contributed by atoms with E-state index in [1.165, 1.54) is 13.8 Å². The Hall–Kier alpha value is -1.63. The Balaban J connectivity index is 0. The van der Waals surface area contributed by atoms with Gasteiger partial charge in [-0.25, -0.2) is 0 Å². The molecule has 1 atom stereocenters. The van der Waals surface area contributed by atoms with Crippen LogP contribution < -0.4 is 0 Å². The van der Waals surface area contributed by atoms with E-state index >= 15 is 0 Å². The van der Waals surface area contributed by atoms with Crippen LogP contribution in [0.15, 0.2) is 0 Å². The van der Waals surface area contributed by atoms with E-state index in [1.807, 2.05) is 32.8 Å². The van der Waals surface area contributed by atoms with Crippen molar-refractivity contribution < 1.29 is 28.6 Å². The largest absolute Gasteiger partial charge is 0.462 e. The molecule has 7 heteroatoms. The first-order chi connectivity index (χ1) is 9.81. The molecule has 0 heterocycles. The lowest BCUT2D eigenvalue weighted by molar-refractivity contribution is -0.164. The summed E-state index contributed by atoms with van der Waals surface area (Å²) in [6.07, 6.45) is -0.530. The topological polar surface area (TPSA) is 82.1 Å². The molecule has 21 heavy (non-hydrogen) atoms. The Labute approximate surface area is 126 Å². The van der Waals surface area contributed by atoms with Crippen molar-refractivity contribution >= 4 is 17.9 Å². The summed E-state index contributed by atoms with van der Waals surface area (Å²) in [5, 5.41) is 0. The Morgan fingerprint density at radius 3 is 1.90 bits per heavy atom. The van der Waals surface area contributed by atoms with E-state index in [4.69, 9.17) is 14.2 Å². The predicted molar refractivity (Wildman–Crippen MR) is 77.7 cm³/mol. The number of carbonyl (C=O) groups excluding carboxylic acids is 3. The Morgan fingerprint density at radius 1 is 0.952 bits per heavy atom. The zero-order valence-electron chi connectivity index (χ0n) is 13.8. The van der Waals surface area contributed by atoms with Crippen molar-refractivity contribution in [3.05, 3.63) is 0 Å². The van der Waals surface area contributed by atoms with Crippen molar-refractivity contribution in [2.75, 3.05) is 33.9 Å². The summed E-state index contributed by atoms with van der Waals surface area (Å²) >= 11 is 0. The lowest BCUT2D eigenvalue weighted by Gasteiger charge is -2.17. The smallest absolute Gasteiger partial charge is 0.307 e. The molecule has 0 amide bonds. The van der Waals surface area contributed by atoms with Gasteiger partial charge in [0, 0.05) is 20.4 Å². The average molecular weight is 305 g/mol. The van der Waals surface area contributed by atoms with Crippen LogP contribution in [0.4, 0.5) is 0 Å². The van der Waals surface area contributed by atoms with Crippen LogP contribution in [0.5, 0.6) is 0 Å². The Bertz CT molecular complexity index is 317. The van der Waals surface area contributed by atoms with Gasteiger partial charge in [0.2, 0.25) is 0 Å². The van der Waals surface area contributed by atoms with Crippen molar-refractivity contribution in [3.8, 4) is 0 Å². The van der Waals surface area contributed by atoms with Gasteiger partial charge in [0.05, 0.1) is 6.42 Å². The van der Waals surface area contributed by atoms with Crippen molar-refractivity contribution in [3.63, 3.8) is 0 Å². The number of ether oxygens (including phenoxy) is 3. The fourth-order valence-electron chi connectivity index (χ4n) is 1.13. The van der Waals surface area contributed by atoms with Gasteiger partial charge in [0.25, 0.3) is 0 Å². The minimum absolute atomic E-state index is 0.126. The Kier molecular flexibility index (Phi) is 13.8. The van der Waals surface area contributed by atoms with Crippen molar-refractivity contribution in [1.29, 1.82) is 0 Å². The van der Waals surface area contributed by atoms with Gasteiger partial charge in [-0.05, 0) is 14.1 Å². The van der Waals surface area contributed by atoms with Gasteiger partial charge in [0.1, 0.15) is 13.2 Å². The maximum Gasteiger partial charge on any atom is 0.307 e. The highest BCUT2D eigenvalue weighted by Crippen LogP contribution is 1.99. The fraction of sp³-hybridized carbons (Fsp3) is 0.786. The first kappa shape index (κ1) is 21.7. The van der Waals surface area contributed by atoms with E-state index in [2.05, 4.69) is 0 Å². The van der Waals surface area contributed by atoms with E-state index in [-0.39, 0.29) is 19.6 Å². The third-order valence-electron chi connectivity index (χ3n) is 2.00. The van der Waals surface area contributed by atoms with Gasteiger partial charge in [-0.15, -0.1) is 0 Å². The second-order valence-electron chi connectivity index (χ2n) is 4.27. The first-order valence-corrected chi connectivity index (χ1v) is 6.92. The quantitative estimate of drug-likeness (QED) is 0.489. The number of nitrogens with zero attached hydrogens (tertiary/aromatic N) is 1. The minimum atomic E-state index is -0.773. The molecule has 0 saturated carbocycles. The Morgan fingerprint density at radius 2 is 1.48 bits per heavy atom. The highest BCUT2D eigenvalue weighted by atomic mass is 16.6. The first-order valence-electron chi connectivity index (χ1n) is 6.92. The zero-order chi connectivity index (χ0) is 16.8. The lowest BCUT2D eigenvalue weighted by Crippen LogP contribution is -2.30. The third kappa shape index (κ3) is 16.3. The van der Waals surface area contributed by atoms with Gasteiger partial charge in [-0.2, -0.15) is 0 Å². The minimum Gasteiger partial charge on any atom is -0.462 e. The van der Waals surface area contributed by atoms with Gasteiger partial charge in [-0.1, -0.05) is 13.8 Å². The maximum absolute atomic E-state index is 11.4. The molecule has 0 saturated heterocycles. The molecule has 0 spiro atoms. The summed E-state index contributed by atoms with van der Waals surface area (Å²) < 4.78 is 14.5. The lowest BCUT2D eigenvalue weighted by atomic mass is 10.4. The second-order valence-corrected chi connectivity index (χ2v) is 4.27. The van der Waals surface area contributed by atoms with Crippen molar-refractivity contribution in [2.45, 2.75) is 40.2 Å². The molecule has 0 N–H and O–H groups in total. The molecule has 0 radical (unpaired) electrons. The highest BCUT2D eigenvalue weighted by molar-refractivity contribution is 5.70. The summed E-state index contributed by atoms with van der Waals surface area (Å²) in [6, 6.07) is 0. The normalized spacial score (nSPS) is 11.0. The van der Waals surface area contributed by atoms with E-state index in [9.17, 15) is 14.4 Å². The second kappa shape index (κ2) is 13.4. The molecule has 0 aliphatic carbocycles. The van der Waals surface area contributed by atoms with Crippen molar-refractivity contribution in [1.82, 2.24) is 4.90 Å². The van der Waals surface area contributed by atoms with E-state index in [0.29, 0.717) is 6.54 Å². The van der Waals surface area contributed by atoms with E-state index in [0.717, 1.165) is 0 Å². The molecule has 0 aliphatic heterocycles. The summed E-state index contributed by atoms with van der Waals surface area (Å²) in [5.74, 6) is -1.41. The predicted octanol–water partition coefficient (Wildman–Crippen LogP) is 1.00. The van der Waals surface area contributed by atoms with Crippen LogP contribution in [0, 0.1) is 0 Å². The molecule has 124 valence electrons. The fourth-order valence-corrected chi connectivity index (χ4v) is 1.13. The summed E-state index contributed by atoms with van der Waals surface area (Å²) in [5.41, 5.74) is 0. The molecule has 0 aromatic heterocycles. The van der Waals surface area contributed by atoms with Gasteiger partial charge in [-0.3, -0.25) is 14.4 Å². The number of rotatable bonds is 8. The molecule has 0 bridgehead atoms. The van der Waals surface area contributed by atoms with Gasteiger partial charge in [0.15, 0.2) is 6.10 Å². The molecular formula is C14H27NO6. The molecule has 7 nitrogen and oxygen atoms in total. The van der Waals surface area contributed by atoms with Crippen LogP contribution in [0.3, 0.4) is 0 Å². The van der Waals surface area contributed by atoms with Crippen LogP contribution in [0.1, 0.15) is 34.1 Å². The highest BCUT2D eigenvalue weighted by Gasteiger charge is 2.16. The van der Waals surface area contributed by atoms with Crippen LogP contribution in [-0.2, 0) is 28.6 Å².